The van der Waals surface area contributed by atoms with Crippen LogP contribution in [-0.2, 0) is 0 Å². The fourth-order valence-electron chi connectivity index (χ4n) is 4.08. The molecule has 6 heteroatoms. The fourth-order valence-corrected chi connectivity index (χ4v) is 4.74. The second kappa shape index (κ2) is 8.32. The van der Waals surface area contributed by atoms with Gasteiger partial charge in [0.1, 0.15) is 11.6 Å². The van der Waals surface area contributed by atoms with Gasteiger partial charge in [-0.2, -0.15) is 0 Å². The zero-order chi connectivity index (χ0) is 23.1. The molecule has 6 aromatic rings. The van der Waals surface area contributed by atoms with Gasteiger partial charge in [0.05, 0.1) is 21.2 Å². The van der Waals surface area contributed by atoms with E-state index in [0.717, 1.165) is 43.6 Å². The average Bonchev–Trinajstić information content (AvgIpc) is 3.32. The predicted octanol–water partition coefficient (Wildman–Crippen LogP) is 8.20. The Morgan fingerprint density at radius 3 is 2.35 bits per heavy atom. The third-order valence-corrected chi connectivity index (χ3v) is 6.62. The van der Waals surface area contributed by atoms with Crippen LogP contribution in [0.4, 0.5) is 20.2 Å². The average molecular weight is 466 g/mol. The highest BCUT2D eigenvalue weighted by Crippen LogP contribution is 2.33. The van der Waals surface area contributed by atoms with Crippen LogP contribution in [0.15, 0.2) is 96.6 Å². The van der Waals surface area contributed by atoms with Gasteiger partial charge in [-0.15, -0.1) is 11.3 Å². The van der Waals surface area contributed by atoms with Crippen LogP contribution in [0.2, 0.25) is 0 Å². The molecule has 0 bridgehead atoms. The molecule has 1 N–H and O–H groups in total. The minimum absolute atomic E-state index is 0.318. The molecule has 0 radical (unpaired) electrons. The summed E-state index contributed by atoms with van der Waals surface area (Å²) < 4.78 is 29.5. The van der Waals surface area contributed by atoms with Crippen molar-refractivity contribution in [2.24, 2.45) is 0 Å². The van der Waals surface area contributed by atoms with E-state index >= 15 is 4.39 Å². The number of thiazole rings is 1. The minimum atomic E-state index is -0.339. The van der Waals surface area contributed by atoms with Crippen LogP contribution in [0.1, 0.15) is 0 Å². The third-order valence-electron chi connectivity index (χ3n) is 5.81. The van der Waals surface area contributed by atoms with Crippen molar-refractivity contribution in [3.8, 4) is 22.3 Å². The summed E-state index contributed by atoms with van der Waals surface area (Å²) in [4.78, 5) is 8.85. The molecule has 2 heterocycles. The molecule has 0 amide bonds. The van der Waals surface area contributed by atoms with Gasteiger partial charge in [0.15, 0.2) is 0 Å². The first-order chi connectivity index (χ1) is 16.6. The molecule has 0 atom stereocenters. The lowest BCUT2D eigenvalue weighted by molar-refractivity contribution is 0.628. The van der Waals surface area contributed by atoms with Crippen LogP contribution in [-0.4, -0.2) is 9.97 Å². The van der Waals surface area contributed by atoms with Crippen molar-refractivity contribution >= 4 is 43.8 Å². The second-order valence-corrected chi connectivity index (χ2v) is 8.84. The van der Waals surface area contributed by atoms with Crippen molar-refractivity contribution in [3.63, 3.8) is 0 Å². The smallest absolute Gasteiger partial charge is 0.131 e. The number of pyridine rings is 1. The fraction of sp³-hybridized carbons (Fsp3) is 0. The van der Waals surface area contributed by atoms with Crippen LogP contribution >= 0.6 is 11.3 Å². The van der Waals surface area contributed by atoms with Crippen molar-refractivity contribution in [1.82, 2.24) is 9.97 Å². The first-order valence-corrected chi connectivity index (χ1v) is 11.6. The molecule has 6 rings (SSSR count). The molecular weight excluding hydrogens is 448 g/mol. The Labute approximate surface area is 198 Å². The first kappa shape index (κ1) is 20.4. The van der Waals surface area contributed by atoms with Gasteiger partial charge in [-0.05, 0) is 71.3 Å². The van der Waals surface area contributed by atoms with Crippen LogP contribution in [0.5, 0.6) is 0 Å². The lowest BCUT2D eigenvalue weighted by atomic mass is 9.98. The minimum Gasteiger partial charge on any atom is -0.355 e. The molecule has 164 valence electrons. The van der Waals surface area contributed by atoms with Gasteiger partial charge in [0.2, 0.25) is 0 Å². The van der Waals surface area contributed by atoms with Crippen LogP contribution in [0.25, 0.3) is 43.4 Å². The molecule has 0 saturated carbocycles. The van der Waals surface area contributed by atoms with Crippen molar-refractivity contribution in [2.75, 3.05) is 5.32 Å². The third kappa shape index (κ3) is 3.78. The molecule has 0 spiro atoms. The summed E-state index contributed by atoms with van der Waals surface area (Å²) in [7, 11) is 0. The highest BCUT2D eigenvalue weighted by atomic mass is 32.1. The Balaban J connectivity index is 1.38. The highest BCUT2D eigenvalue weighted by Gasteiger charge is 2.11. The van der Waals surface area contributed by atoms with E-state index in [0.29, 0.717) is 11.1 Å². The van der Waals surface area contributed by atoms with Gasteiger partial charge >= 0.3 is 0 Å². The molecule has 0 aliphatic rings. The second-order valence-electron chi connectivity index (χ2n) is 7.95. The summed E-state index contributed by atoms with van der Waals surface area (Å²) in [5, 5.41) is 4.35. The molecule has 0 unspecified atom stereocenters. The van der Waals surface area contributed by atoms with Gasteiger partial charge in [0.25, 0.3) is 0 Å². The molecule has 3 nitrogen and oxygen atoms in total. The van der Waals surface area contributed by atoms with E-state index in [1.807, 2.05) is 54.0 Å². The van der Waals surface area contributed by atoms with Crippen molar-refractivity contribution in [2.45, 2.75) is 0 Å². The summed E-state index contributed by atoms with van der Waals surface area (Å²) >= 11 is 1.60. The number of fused-ring (bicyclic) bond motifs is 2. The number of hydrogen-bond donors (Lipinski definition) is 1. The van der Waals surface area contributed by atoms with Crippen LogP contribution in [0, 0.1) is 11.6 Å². The molecule has 4 aromatic carbocycles. The normalized spacial score (nSPS) is 11.2. The summed E-state index contributed by atoms with van der Waals surface area (Å²) in [6, 6.07) is 24.8. The molecule has 0 fully saturated rings. The van der Waals surface area contributed by atoms with Crippen LogP contribution in [0.3, 0.4) is 0 Å². The molecule has 34 heavy (non-hydrogen) atoms. The standard InChI is InChI=1S/C28H17F2N3S/c29-20-5-1-17(2-6-20)18-3-8-22(24(30)14-18)19-4-9-25-23(13-19)26(11-12-31-25)33-21-7-10-28-27(15-21)32-16-34-28/h1-16H,(H,31,33). The van der Waals surface area contributed by atoms with Gasteiger partial charge in [0, 0.05) is 28.5 Å². The Kier molecular flexibility index (Phi) is 5.00. The number of nitrogens with one attached hydrogen (secondary N) is 1. The molecule has 0 saturated heterocycles. The summed E-state index contributed by atoms with van der Waals surface area (Å²) in [5.41, 5.74) is 8.09. The largest absolute Gasteiger partial charge is 0.355 e. The lowest BCUT2D eigenvalue weighted by Crippen LogP contribution is -1.94. The SMILES string of the molecule is Fc1ccc(-c2ccc(-c3ccc4nccc(Nc5ccc6scnc6c5)c4c3)c(F)c2)cc1. The maximum Gasteiger partial charge on any atom is 0.131 e. The highest BCUT2D eigenvalue weighted by molar-refractivity contribution is 7.16. The maximum atomic E-state index is 15.2. The zero-order valence-corrected chi connectivity index (χ0v) is 18.6. The van der Waals surface area contributed by atoms with E-state index in [2.05, 4.69) is 15.3 Å². The van der Waals surface area contributed by atoms with E-state index < -0.39 is 0 Å². The van der Waals surface area contributed by atoms with Crippen molar-refractivity contribution < 1.29 is 8.78 Å². The van der Waals surface area contributed by atoms with Crippen molar-refractivity contribution in [3.05, 3.63) is 108 Å². The summed E-state index contributed by atoms with van der Waals surface area (Å²) in [6.07, 6.45) is 1.75. The number of rotatable bonds is 4. The molecule has 0 aliphatic carbocycles. The van der Waals surface area contributed by atoms with E-state index in [1.54, 1.807) is 35.7 Å². The first-order valence-electron chi connectivity index (χ1n) is 10.7. The van der Waals surface area contributed by atoms with E-state index in [9.17, 15) is 4.39 Å². The number of hydrogen-bond acceptors (Lipinski definition) is 4. The van der Waals surface area contributed by atoms with Gasteiger partial charge in [-0.3, -0.25) is 4.98 Å². The van der Waals surface area contributed by atoms with Crippen molar-refractivity contribution in [1.29, 1.82) is 0 Å². The topological polar surface area (TPSA) is 37.8 Å². The number of halogens is 2. The Morgan fingerprint density at radius 1 is 0.676 bits per heavy atom. The lowest BCUT2D eigenvalue weighted by Gasteiger charge is -2.12. The molecule has 2 aromatic heterocycles. The van der Waals surface area contributed by atoms with Gasteiger partial charge < -0.3 is 5.32 Å². The van der Waals surface area contributed by atoms with Gasteiger partial charge in [-0.25, -0.2) is 13.8 Å². The monoisotopic (exact) mass is 465 g/mol. The zero-order valence-electron chi connectivity index (χ0n) is 17.8. The van der Waals surface area contributed by atoms with E-state index in [1.165, 1.54) is 18.2 Å². The number of anilines is 2. The number of aromatic nitrogens is 2. The van der Waals surface area contributed by atoms with E-state index in [4.69, 9.17) is 0 Å². The molecular formula is C28H17F2N3S. The Hall–Kier alpha value is -4.16. The Bertz CT molecular complexity index is 1660. The van der Waals surface area contributed by atoms with E-state index in [-0.39, 0.29) is 11.6 Å². The predicted molar refractivity (Wildman–Crippen MR) is 135 cm³/mol. The Morgan fingerprint density at radius 2 is 1.50 bits per heavy atom. The number of nitrogens with zero attached hydrogens (tertiary/aromatic N) is 2. The maximum absolute atomic E-state index is 15.2. The van der Waals surface area contributed by atoms with Crippen LogP contribution < -0.4 is 5.32 Å². The quantitative estimate of drug-likeness (QED) is 0.285. The summed E-state index contributed by atoms with van der Waals surface area (Å²) in [5.74, 6) is -0.657. The van der Waals surface area contributed by atoms with Gasteiger partial charge in [-0.1, -0.05) is 30.3 Å². The summed E-state index contributed by atoms with van der Waals surface area (Å²) in [6.45, 7) is 0. The number of benzene rings is 4. The molecule has 0 aliphatic heterocycles.